The minimum absolute atomic E-state index is 0.733. The van der Waals surface area contributed by atoms with Gasteiger partial charge in [-0.25, -0.2) is 0 Å². The molecule has 18 heavy (non-hydrogen) atoms. The van der Waals surface area contributed by atoms with E-state index in [1.165, 1.54) is 58.0 Å². The van der Waals surface area contributed by atoms with Crippen LogP contribution >= 0.6 is 0 Å². The largest absolute Gasteiger partial charge is 0.311 e. The summed E-state index contributed by atoms with van der Waals surface area (Å²) in [6, 6.07) is 1.52. The van der Waals surface area contributed by atoms with Crippen molar-refractivity contribution < 1.29 is 0 Å². The normalized spacial score (nSPS) is 31.1. The Morgan fingerprint density at radius 2 is 1.89 bits per heavy atom. The van der Waals surface area contributed by atoms with Crippen LogP contribution in [0, 0.1) is 18.3 Å². The van der Waals surface area contributed by atoms with Crippen molar-refractivity contribution in [2.45, 2.75) is 64.0 Å². The molecule has 2 aliphatic rings. The molecular weight excluding hydrogens is 220 g/mol. The summed E-state index contributed by atoms with van der Waals surface area (Å²) in [5, 5.41) is 3.94. The van der Waals surface area contributed by atoms with E-state index < -0.39 is 0 Å². The topological polar surface area (TPSA) is 15.3 Å². The van der Waals surface area contributed by atoms with Gasteiger partial charge in [0.2, 0.25) is 0 Å². The van der Waals surface area contributed by atoms with Crippen molar-refractivity contribution in [1.82, 2.24) is 10.2 Å². The molecule has 2 fully saturated rings. The monoisotopic (exact) mass is 248 g/mol. The maximum absolute atomic E-state index is 5.37. The third-order valence-electron chi connectivity index (χ3n) is 4.79. The van der Waals surface area contributed by atoms with Crippen molar-refractivity contribution in [3.63, 3.8) is 0 Å². The maximum atomic E-state index is 5.37. The van der Waals surface area contributed by atoms with E-state index >= 15 is 0 Å². The Hall–Kier alpha value is -0.520. The number of rotatable bonds is 4. The summed E-state index contributed by atoms with van der Waals surface area (Å²) in [5.41, 5.74) is 0. The molecule has 2 unspecified atom stereocenters. The lowest BCUT2D eigenvalue weighted by Crippen LogP contribution is -2.49. The second kappa shape index (κ2) is 7.16. The van der Waals surface area contributed by atoms with E-state index in [4.69, 9.17) is 6.42 Å². The molecule has 1 saturated heterocycles. The minimum atomic E-state index is 0.733. The Morgan fingerprint density at radius 1 is 1.17 bits per heavy atom. The van der Waals surface area contributed by atoms with Crippen LogP contribution < -0.4 is 5.32 Å². The first-order chi connectivity index (χ1) is 8.83. The van der Waals surface area contributed by atoms with E-state index in [-0.39, 0.29) is 0 Å². The predicted molar refractivity (Wildman–Crippen MR) is 77.5 cm³/mol. The standard InChI is InChI=1S/C16H28N2/c1-3-11-18-12-9-15(10-13-18)17-16-8-6-5-7-14(16)4-2/h1,14-17H,4-13H2,2H3. The highest BCUT2D eigenvalue weighted by molar-refractivity contribution is 4.91. The SMILES string of the molecule is C#CCN1CCC(NC2CCCCC2CC)CC1. The fourth-order valence-electron chi connectivity index (χ4n) is 3.61. The fraction of sp³-hybridized carbons (Fsp3) is 0.875. The lowest BCUT2D eigenvalue weighted by molar-refractivity contribution is 0.176. The molecule has 2 rings (SSSR count). The van der Waals surface area contributed by atoms with E-state index in [1.54, 1.807) is 0 Å². The molecule has 2 heteroatoms. The summed E-state index contributed by atoms with van der Waals surface area (Å²) in [7, 11) is 0. The number of piperidine rings is 1. The average molecular weight is 248 g/mol. The van der Waals surface area contributed by atoms with Crippen molar-refractivity contribution in [2.24, 2.45) is 5.92 Å². The molecule has 2 nitrogen and oxygen atoms in total. The maximum Gasteiger partial charge on any atom is 0.0598 e. The van der Waals surface area contributed by atoms with Gasteiger partial charge in [0.15, 0.2) is 0 Å². The van der Waals surface area contributed by atoms with Crippen LogP contribution in [0.3, 0.4) is 0 Å². The first kappa shape index (κ1) is 13.9. The van der Waals surface area contributed by atoms with E-state index in [2.05, 4.69) is 23.1 Å². The molecule has 0 spiro atoms. The van der Waals surface area contributed by atoms with Gasteiger partial charge in [-0.15, -0.1) is 6.42 Å². The van der Waals surface area contributed by atoms with Gasteiger partial charge in [0.05, 0.1) is 6.54 Å². The summed E-state index contributed by atoms with van der Waals surface area (Å²) < 4.78 is 0. The Kier molecular flexibility index (Phi) is 5.53. The van der Waals surface area contributed by atoms with Crippen LogP contribution in [0.2, 0.25) is 0 Å². The number of likely N-dealkylation sites (tertiary alicyclic amines) is 1. The third-order valence-corrected chi connectivity index (χ3v) is 4.79. The number of nitrogens with one attached hydrogen (secondary N) is 1. The van der Waals surface area contributed by atoms with Crippen molar-refractivity contribution in [1.29, 1.82) is 0 Å². The second-order valence-electron chi connectivity index (χ2n) is 5.98. The smallest absolute Gasteiger partial charge is 0.0598 e. The molecule has 1 saturated carbocycles. The van der Waals surface area contributed by atoms with Gasteiger partial charge in [-0.3, -0.25) is 4.90 Å². The van der Waals surface area contributed by atoms with Crippen LogP contribution in [0.1, 0.15) is 51.9 Å². The molecular formula is C16H28N2. The molecule has 0 aromatic heterocycles. The Labute approximate surface area is 113 Å². The summed E-state index contributed by atoms with van der Waals surface area (Å²) >= 11 is 0. The van der Waals surface area contributed by atoms with Crippen LogP contribution in [0.25, 0.3) is 0 Å². The van der Waals surface area contributed by atoms with Gasteiger partial charge in [-0.05, 0) is 31.6 Å². The van der Waals surface area contributed by atoms with Crippen molar-refractivity contribution in [2.75, 3.05) is 19.6 Å². The first-order valence-electron chi connectivity index (χ1n) is 7.75. The van der Waals surface area contributed by atoms with E-state index in [1.807, 2.05) is 0 Å². The summed E-state index contributed by atoms with van der Waals surface area (Å²) in [6.45, 7) is 5.52. The van der Waals surface area contributed by atoms with Crippen molar-refractivity contribution in [3.8, 4) is 12.3 Å². The molecule has 102 valence electrons. The van der Waals surface area contributed by atoms with Crippen LogP contribution in [0.4, 0.5) is 0 Å². The predicted octanol–water partition coefficient (Wildman–Crippen LogP) is 2.64. The zero-order valence-corrected chi connectivity index (χ0v) is 11.8. The summed E-state index contributed by atoms with van der Waals surface area (Å²) in [5.74, 6) is 3.67. The van der Waals surface area contributed by atoms with Crippen LogP contribution in [0.15, 0.2) is 0 Å². The zero-order valence-electron chi connectivity index (χ0n) is 11.8. The van der Waals surface area contributed by atoms with Crippen LogP contribution in [-0.4, -0.2) is 36.6 Å². The highest BCUT2D eigenvalue weighted by atomic mass is 15.1. The van der Waals surface area contributed by atoms with Gasteiger partial charge in [-0.1, -0.05) is 32.1 Å². The molecule has 2 atom stereocenters. The summed E-state index contributed by atoms with van der Waals surface area (Å²) in [6.07, 6.45) is 14.9. The molecule has 1 N–H and O–H groups in total. The molecule has 0 bridgehead atoms. The van der Waals surface area contributed by atoms with Gasteiger partial charge < -0.3 is 5.32 Å². The van der Waals surface area contributed by atoms with Crippen molar-refractivity contribution >= 4 is 0 Å². The molecule has 0 aromatic rings. The van der Waals surface area contributed by atoms with E-state index in [0.29, 0.717) is 0 Å². The number of nitrogens with zero attached hydrogens (tertiary/aromatic N) is 1. The van der Waals surface area contributed by atoms with Gasteiger partial charge >= 0.3 is 0 Å². The first-order valence-corrected chi connectivity index (χ1v) is 7.75. The lowest BCUT2D eigenvalue weighted by atomic mass is 9.82. The molecule has 1 heterocycles. The highest BCUT2D eigenvalue weighted by Gasteiger charge is 2.27. The number of hydrogen-bond donors (Lipinski definition) is 1. The van der Waals surface area contributed by atoms with E-state index in [9.17, 15) is 0 Å². The molecule has 1 aliphatic carbocycles. The Morgan fingerprint density at radius 3 is 2.56 bits per heavy atom. The van der Waals surface area contributed by atoms with Gasteiger partial charge in [0.1, 0.15) is 0 Å². The average Bonchev–Trinajstić information content (AvgIpc) is 2.42. The molecule has 0 radical (unpaired) electrons. The summed E-state index contributed by atoms with van der Waals surface area (Å²) in [4.78, 5) is 2.40. The lowest BCUT2D eigenvalue weighted by Gasteiger charge is -2.38. The minimum Gasteiger partial charge on any atom is -0.311 e. The Bertz CT molecular complexity index is 273. The second-order valence-corrected chi connectivity index (χ2v) is 5.98. The molecule has 0 amide bonds. The quantitative estimate of drug-likeness (QED) is 0.770. The van der Waals surface area contributed by atoms with Gasteiger partial charge in [-0.2, -0.15) is 0 Å². The zero-order chi connectivity index (χ0) is 12.8. The van der Waals surface area contributed by atoms with Crippen LogP contribution in [-0.2, 0) is 0 Å². The number of hydrogen-bond acceptors (Lipinski definition) is 2. The number of terminal acetylenes is 1. The molecule has 0 aromatic carbocycles. The van der Waals surface area contributed by atoms with Crippen molar-refractivity contribution in [3.05, 3.63) is 0 Å². The molecule has 1 aliphatic heterocycles. The Balaban J connectivity index is 1.75. The van der Waals surface area contributed by atoms with Crippen LogP contribution in [0.5, 0.6) is 0 Å². The fourth-order valence-corrected chi connectivity index (χ4v) is 3.61. The van der Waals surface area contributed by atoms with Gasteiger partial charge in [0.25, 0.3) is 0 Å². The van der Waals surface area contributed by atoms with Gasteiger partial charge in [0, 0.05) is 25.2 Å². The highest BCUT2D eigenvalue weighted by Crippen LogP contribution is 2.28. The third kappa shape index (κ3) is 3.73. The van der Waals surface area contributed by atoms with E-state index in [0.717, 1.165) is 24.5 Å².